The third kappa shape index (κ3) is 19.6. The number of ether oxygens (including phenoxy) is 1. The van der Waals surface area contributed by atoms with Gasteiger partial charge < -0.3 is 4.74 Å². The number of rotatable bonds is 18. The zero-order valence-corrected chi connectivity index (χ0v) is 16.8. The molecule has 0 aromatic carbocycles. The number of hydrogen-bond donors (Lipinski definition) is 1. The number of unbranched alkanes of at least 4 members (excludes halogenated alkanes) is 12. The molecule has 0 aliphatic rings. The van der Waals surface area contributed by atoms with Gasteiger partial charge in [-0.05, 0) is 32.1 Å². The van der Waals surface area contributed by atoms with E-state index in [-0.39, 0.29) is 5.97 Å². The predicted octanol–water partition coefficient (Wildman–Crippen LogP) is 6.89. The Morgan fingerprint density at radius 3 is 1.83 bits per heavy atom. The average Bonchev–Trinajstić information content (AvgIpc) is 2.59. The first-order chi connectivity index (χ1) is 11.8. The SMILES string of the molecule is CCCCCC/C=C/CCCCCCCCCCC(=O)OCCS. The molecule has 0 amide bonds. The Morgan fingerprint density at radius 1 is 0.792 bits per heavy atom. The molecule has 0 aromatic heterocycles. The third-order valence-corrected chi connectivity index (χ3v) is 4.43. The quantitative estimate of drug-likeness (QED) is 0.125. The molecule has 2 nitrogen and oxygen atoms in total. The van der Waals surface area contributed by atoms with Crippen LogP contribution in [0.25, 0.3) is 0 Å². The molecule has 0 fully saturated rings. The first-order valence-corrected chi connectivity index (χ1v) is 10.9. The summed E-state index contributed by atoms with van der Waals surface area (Å²) in [4.78, 5) is 11.3. The minimum atomic E-state index is -0.0672. The summed E-state index contributed by atoms with van der Waals surface area (Å²) >= 11 is 4.02. The van der Waals surface area contributed by atoms with Gasteiger partial charge in [0.2, 0.25) is 0 Å². The maximum Gasteiger partial charge on any atom is 0.305 e. The van der Waals surface area contributed by atoms with Gasteiger partial charge in [0.05, 0.1) is 0 Å². The Morgan fingerprint density at radius 2 is 1.29 bits per heavy atom. The topological polar surface area (TPSA) is 26.3 Å². The Hall–Kier alpha value is -0.440. The normalized spacial score (nSPS) is 11.2. The van der Waals surface area contributed by atoms with Crippen LogP contribution in [0.4, 0.5) is 0 Å². The van der Waals surface area contributed by atoms with Gasteiger partial charge in [0.15, 0.2) is 0 Å². The van der Waals surface area contributed by atoms with Crippen molar-refractivity contribution in [2.75, 3.05) is 12.4 Å². The van der Waals surface area contributed by atoms with Gasteiger partial charge in [0.25, 0.3) is 0 Å². The highest BCUT2D eigenvalue weighted by Gasteiger charge is 2.01. The predicted molar refractivity (Wildman–Crippen MR) is 109 cm³/mol. The lowest BCUT2D eigenvalue weighted by Crippen LogP contribution is -2.06. The molecule has 0 bridgehead atoms. The van der Waals surface area contributed by atoms with Crippen LogP contribution in [0.1, 0.15) is 103 Å². The molecular weight excluding hydrogens is 316 g/mol. The van der Waals surface area contributed by atoms with Crippen molar-refractivity contribution >= 4 is 18.6 Å². The van der Waals surface area contributed by atoms with Crippen molar-refractivity contribution in [3.63, 3.8) is 0 Å². The molecule has 0 radical (unpaired) electrons. The molecule has 0 rings (SSSR count). The van der Waals surface area contributed by atoms with Gasteiger partial charge in [0, 0.05) is 12.2 Å². The summed E-state index contributed by atoms with van der Waals surface area (Å²) in [7, 11) is 0. The monoisotopic (exact) mass is 356 g/mol. The number of thiol groups is 1. The maximum absolute atomic E-state index is 11.3. The van der Waals surface area contributed by atoms with Gasteiger partial charge in [0.1, 0.15) is 6.61 Å². The van der Waals surface area contributed by atoms with E-state index in [1.54, 1.807) is 0 Å². The summed E-state index contributed by atoms with van der Waals surface area (Å²) in [5.74, 6) is 0.544. The Kier molecular flexibility index (Phi) is 20.2. The lowest BCUT2D eigenvalue weighted by molar-refractivity contribution is -0.143. The van der Waals surface area contributed by atoms with E-state index in [0.29, 0.717) is 18.8 Å². The van der Waals surface area contributed by atoms with Gasteiger partial charge in [-0.25, -0.2) is 0 Å². The highest BCUT2D eigenvalue weighted by molar-refractivity contribution is 7.80. The van der Waals surface area contributed by atoms with E-state index in [2.05, 4.69) is 31.7 Å². The molecule has 0 aliphatic carbocycles. The molecule has 0 heterocycles. The van der Waals surface area contributed by atoms with Crippen molar-refractivity contribution in [1.29, 1.82) is 0 Å². The maximum atomic E-state index is 11.3. The van der Waals surface area contributed by atoms with E-state index in [4.69, 9.17) is 4.74 Å². The molecule has 0 saturated heterocycles. The van der Waals surface area contributed by atoms with Crippen molar-refractivity contribution in [2.24, 2.45) is 0 Å². The van der Waals surface area contributed by atoms with Gasteiger partial charge in [-0.1, -0.05) is 76.9 Å². The number of carbonyl (C=O) groups is 1. The average molecular weight is 357 g/mol. The Balaban J connectivity index is 3.12. The fourth-order valence-corrected chi connectivity index (χ4v) is 2.84. The molecule has 0 atom stereocenters. The fraction of sp³-hybridized carbons (Fsp3) is 0.857. The van der Waals surface area contributed by atoms with Gasteiger partial charge in [-0.15, -0.1) is 0 Å². The summed E-state index contributed by atoms with van der Waals surface area (Å²) in [5.41, 5.74) is 0. The smallest absolute Gasteiger partial charge is 0.305 e. The van der Waals surface area contributed by atoms with Crippen LogP contribution in [0.15, 0.2) is 12.2 Å². The molecule has 142 valence electrons. The lowest BCUT2D eigenvalue weighted by Gasteiger charge is -2.03. The lowest BCUT2D eigenvalue weighted by atomic mass is 10.1. The first-order valence-electron chi connectivity index (χ1n) is 10.2. The largest absolute Gasteiger partial charge is 0.465 e. The molecule has 0 N–H and O–H groups in total. The highest BCUT2D eigenvalue weighted by atomic mass is 32.1. The van der Waals surface area contributed by atoms with E-state index in [1.807, 2.05) is 0 Å². The molecular formula is C21H40O2S. The highest BCUT2D eigenvalue weighted by Crippen LogP contribution is 2.11. The van der Waals surface area contributed by atoms with E-state index < -0.39 is 0 Å². The second-order valence-electron chi connectivity index (χ2n) is 6.63. The van der Waals surface area contributed by atoms with Crippen LogP contribution in [-0.2, 0) is 9.53 Å². The number of hydrogen-bond acceptors (Lipinski definition) is 3. The standard InChI is InChI=1S/C21H40O2S/c1-2-3-4-5-6-7-8-9-10-11-12-13-14-15-16-17-18-21(22)23-19-20-24/h7-8,24H,2-6,9-20H2,1H3/b8-7+. The molecule has 3 heteroatoms. The zero-order chi connectivity index (χ0) is 17.7. The number of esters is 1. The molecule has 24 heavy (non-hydrogen) atoms. The Labute approximate surface area is 156 Å². The van der Waals surface area contributed by atoms with Crippen molar-refractivity contribution in [2.45, 2.75) is 103 Å². The van der Waals surface area contributed by atoms with Gasteiger partial charge >= 0.3 is 5.97 Å². The van der Waals surface area contributed by atoms with Crippen LogP contribution in [0.2, 0.25) is 0 Å². The van der Waals surface area contributed by atoms with Crippen molar-refractivity contribution in [3.8, 4) is 0 Å². The molecule has 0 unspecified atom stereocenters. The second kappa shape index (κ2) is 20.6. The van der Waals surface area contributed by atoms with Crippen LogP contribution in [0, 0.1) is 0 Å². The summed E-state index contributed by atoms with van der Waals surface area (Å²) < 4.78 is 4.99. The minimum absolute atomic E-state index is 0.0672. The summed E-state index contributed by atoms with van der Waals surface area (Å²) in [5, 5.41) is 0. The Bertz CT molecular complexity index is 290. The minimum Gasteiger partial charge on any atom is -0.465 e. The molecule has 0 aliphatic heterocycles. The molecule has 0 aromatic rings. The van der Waals surface area contributed by atoms with E-state index in [1.165, 1.54) is 77.0 Å². The van der Waals surface area contributed by atoms with Crippen LogP contribution in [-0.4, -0.2) is 18.3 Å². The number of allylic oxidation sites excluding steroid dienone is 2. The van der Waals surface area contributed by atoms with E-state index in [9.17, 15) is 4.79 Å². The molecule has 0 spiro atoms. The third-order valence-electron chi connectivity index (χ3n) is 4.25. The van der Waals surface area contributed by atoms with E-state index >= 15 is 0 Å². The van der Waals surface area contributed by atoms with Crippen molar-refractivity contribution < 1.29 is 9.53 Å². The van der Waals surface area contributed by atoms with Crippen LogP contribution < -0.4 is 0 Å². The molecule has 0 saturated carbocycles. The van der Waals surface area contributed by atoms with Crippen molar-refractivity contribution in [3.05, 3.63) is 12.2 Å². The van der Waals surface area contributed by atoms with Crippen LogP contribution in [0.5, 0.6) is 0 Å². The number of carbonyl (C=O) groups excluding carboxylic acids is 1. The summed E-state index contributed by atoms with van der Waals surface area (Å²) in [6, 6.07) is 0. The summed E-state index contributed by atoms with van der Waals surface area (Å²) in [6.07, 6.45) is 23.3. The van der Waals surface area contributed by atoms with Crippen LogP contribution in [0.3, 0.4) is 0 Å². The fourth-order valence-electron chi connectivity index (χ4n) is 2.75. The summed E-state index contributed by atoms with van der Waals surface area (Å²) in [6.45, 7) is 2.70. The first kappa shape index (κ1) is 23.6. The second-order valence-corrected chi connectivity index (χ2v) is 7.08. The van der Waals surface area contributed by atoms with Gasteiger partial charge in [-0.3, -0.25) is 4.79 Å². The van der Waals surface area contributed by atoms with E-state index in [0.717, 1.165) is 12.8 Å². The van der Waals surface area contributed by atoms with Gasteiger partial charge in [-0.2, -0.15) is 12.6 Å². The van der Waals surface area contributed by atoms with Crippen LogP contribution >= 0.6 is 12.6 Å². The zero-order valence-electron chi connectivity index (χ0n) is 15.9. The van der Waals surface area contributed by atoms with Crippen molar-refractivity contribution in [1.82, 2.24) is 0 Å².